The minimum atomic E-state index is -4.87. The first-order chi connectivity index (χ1) is 13.5. The lowest BCUT2D eigenvalue weighted by Crippen LogP contribution is -2.50. The lowest BCUT2D eigenvalue weighted by atomic mass is 9.97. The van der Waals surface area contributed by atoms with Crippen LogP contribution in [-0.2, 0) is 17.1 Å². The summed E-state index contributed by atoms with van der Waals surface area (Å²) < 4.78 is 78.4. The monoisotopic (exact) mass is 424 g/mol. The van der Waals surface area contributed by atoms with Gasteiger partial charge in [0.05, 0.1) is 11.1 Å². The minimum absolute atomic E-state index is 0.0145. The molecular formula is C20H26F6N2O. The van der Waals surface area contributed by atoms with Gasteiger partial charge in [0, 0.05) is 37.8 Å². The molecule has 9 heteroatoms. The molecular weight excluding hydrogens is 398 g/mol. The molecule has 164 valence electrons. The van der Waals surface area contributed by atoms with Crippen molar-refractivity contribution in [1.82, 2.24) is 4.90 Å². The smallest absolute Gasteiger partial charge is 0.368 e. The van der Waals surface area contributed by atoms with E-state index in [1.54, 1.807) is 4.90 Å². The van der Waals surface area contributed by atoms with Crippen LogP contribution in [0.4, 0.5) is 32.0 Å². The number of rotatable bonds is 6. The van der Waals surface area contributed by atoms with Crippen LogP contribution in [-0.4, -0.2) is 37.0 Å². The van der Waals surface area contributed by atoms with E-state index in [9.17, 15) is 31.1 Å². The van der Waals surface area contributed by atoms with Crippen LogP contribution in [0.5, 0.6) is 0 Å². The number of halogens is 6. The molecule has 1 heterocycles. The Bertz CT molecular complexity index is 661. The maximum absolute atomic E-state index is 13.1. The third-order valence-electron chi connectivity index (χ3n) is 5.28. The molecule has 1 fully saturated rings. The number of alkyl halides is 6. The van der Waals surface area contributed by atoms with Crippen molar-refractivity contribution in [2.45, 2.75) is 51.9 Å². The number of nitrogens with zero attached hydrogens (tertiary/aromatic N) is 2. The molecule has 1 atom stereocenters. The van der Waals surface area contributed by atoms with Crippen LogP contribution < -0.4 is 4.90 Å². The average molecular weight is 424 g/mol. The summed E-state index contributed by atoms with van der Waals surface area (Å²) in [4.78, 5) is 15.8. The van der Waals surface area contributed by atoms with Gasteiger partial charge in [0.15, 0.2) is 0 Å². The summed E-state index contributed by atoms with van der Waals surface area (Å²) in [5, 5.41) is 0. The first kappa shape index (κ1) is 23.3. The molecule has 0 aromatic heterocycles. The van der Waals surface area contributed by atoms with Crippen LogP contribution in [0.15, 0.2) is 18.2 Å². The van der Waals surface area contributed by atoms with Crippen molar-refractivity contribution >= 4 is 11.6 Å². The van der Waals surface area contributed by atoms with Gasteiger partial charge in [0.2, 0.25) is 5.91 Å². The molecule has 3 nitrogen and oxygen atoms in total. The third-order valence-corrected chi connectivity index (χ3v) is 5.28. The lowest BCUT2D eigenvalue weighted by molar-refractivity contribution is -0.143. The van der Waals surface area contributed by atoms with Crippen LogP contribution in [0.25, 0.3) is 0 Å². The first-order valence-electron chi connectivity index (χ1n) is 9.80. The molecule has 0 bridgehead atoms. The predicted molar refractivity (Wildman–Crippen MR) is 98.5 cm³/mol. The molecule has 0 radical (unpaired) electrons. The van der Waals surface area contributed by atoms with Gasteiger partial charge in [-0.05, 0) is 31.0 Å². The largest absolute Gasteiger partial charge is 0.416 e. The number of carbonyl (C=O) groups is 1. The van der Waals surface area contributed by atoms with E-state index in [1.807, 2.05) is 13.8 Å². The molecule has 29 heavy (non-hydrogen) atoms. The SMILES string of the molecule is CCCCC(CC)C(=O)N1CCN(c2cc(C(F)(F)F)cc(C(F)(F)F)c2)CC1. The van der Waals surface area contributed by atoms with Crippen molar-refractivity contribution in [1.29, 1.82) is 0 Å². The van der Waals surface area contributed by atoms with Crippen LogP contribution in [0.2, 0.25) is 0 Å². The van der Waals surface area contributed by atoms with E-state index in [0.29, 0.717) is 6.42 Å². The summed E-state index contributed by atoms with van der Waals surface area (Å²) in [5.74, 6) is -0.0764. The fraction of sp³-hybridized carbons (Fsp3) is 0.650. The van der Waals surface area contributed by atoms with Gasteiger partial charge in [-0.15, -0.1) is 0 Å². The Morgan fingerprint density at radius 1 is 0.931 bits per heavy atom. The Morgan fingerprint density at radius 3 is 1.86 bits per heavy atom. The zero-order valence-corrected chi connectivity index (χ0v) is 16.5. The number of carbonyl (C=O) groups excluding carboxylic acids is 1. The molecule has 1 aliphatic heterocycles. The van der Waals surface area contributed by atoms with Crippen molar-refractivity contribution < 1.29 is 31.1 Å². The Hall–Kier alpha value is -1.93. The Kier molecular flexibility index (Phi) is 7.45. The number of benzene rings is 1. The van der Waals surface area contributed by atoms with Gasteiger partial charge < -0.3 is 9.80 Å². The number of amides is 1. The van der Waals surface area contributed by atoms with Crippen molar-refractivity contribution in [2.75, 3.05) is 31.1 Å². The zero-order chi connectivity index (χ0) is 21.8. The Morgan fingerprint density at radius 2 is 1.45 bits per heavy atom. The van der Waals surface area contributed by atoms with Gasteiger partial charge in [-0.1, -0.05) is 26.7 Å². The molecule has 0 N–H and O–H groups in total. The van der Waals surface area contributed by atoms with E-state index < -0.39 is 23.5 Å². The van der Waals surface area contributed by atoms with Crippen molar-refractivity contribution in [3.63, 3.8) is 0 Å². The zero-order valence-electron chi connectivity index (χ0n) is 16.5. The predicted octanol–water partition coefficient (Wildman–Crippen LogP) is 5.59. The molecule has 2 rings (SSSR count). The van der Waals surface area contributed by atoms with Gasteiger partial charge in [0.25, 0.3) is 0 Å². The molecule has 1 aromatic carbocycles. The molecule has 0 spiro atoms. The van der Waals surface area contributed by atoms with Crippen LogP contribution in [0, 0.1) is 5.92 Å². The summed E-state index contributed by atoms with van der Waals surface area (Å²) in [6.45, 7) is 4.91. The van der Waals surface area contributed by atoms with Gasteiger partial charge >= 0.3 is 12.4 Å². The maximum Gasteiger partial charge on any atom is 0.416 e. The van der Waals surface area contributed by atoms with Crippen molar-refractivity contribution in [3.05, 3.63) is 29.3 Å². The van der Waals surface area contributed by atoms with E-state index >= 15 is 0 Å². The lowest BCUT2D eigenvalue weighted by Gasteiger charge is -2.38. The minimum Gasteiger partial charge on any atom is -0.368 e. The van der Waals surface area contributed by atoms with Gasteiger partial charge in [0.1, 0.15) is 0 Å². The summed E-state index contributed by atoms with van der Waals surface area (Å²) >= 11 is 0. The van der Waals surface area contributed by atoms with Crippen LogP contribution in [0.3, 0.4) is 0 Å². The molecule has 1 amide bonds. The normalized spacial score (nSPS) is 16.8. The average Bonchev–Trinajstić information content (AvgIpc) is 2.67. The quantitative estimate of drug-likeness (QED) is 0.556. The Balaban J connectivity index is 2.15. The number of unbranched alkanes of at least 4 members (excludes halogenated alkanes) is 1. The van der Waals surface area contributed by atoms with Crippen LogP contribution in [0.1, 0.15) is 50.7 Å². The topological polar surface area (TPSA) is 23.6 Å². The first-order valence-corrected chi connectivity index (χ1v) is 9.80. The third kappa shape index (κ3) is 6.02. The molecule has 1 saturated heterocycles. The van der Waals surface area contributed by atoms with Crippen LogP contribution >= 0.6 is 0 Å². The standard InChI is InChI=1S/C20H26F6N2O/c1-3-5-6-14(4-2)18(29)28-9-7-27(8-10-28)17-12-15(19(21,22)23)11-16(13-17)20(24,25)26/h11-14H,3-10H2,1-2H3. The van der Waals surface area contributed by atoms with Gasteiger partial charge in [-0.2, -0.15) is 26.3 Å². The second-order valence-electron chi connectivity index (χ2n) is 7.32. The molecule has 1 aromatic rings. The van der Waals surface area contributed by atoms with Crippen molar-refractivity contribution in [2.24, 2.45) is 5.92 Å². The van der Waals surface area contributed by atoms with E-state index in [4.69, 9.17) is 0 Å². The highest BCUT2D eigenvalue weighted by atomic mass is 19.4. The summed E-state index contributed by atoms with van der Waals surface area (Å²) in [7, 11) is 0. The van der Waals surface area contributed by atoms with E-state index in [0.717, 1.165) is 31.4 Å². The fourth-order valence-corrected chi connectivity index (χ4v) is 3.52. The molecule has 0 saturated carbocycles. The summed E-state index contributed by atoms with van der Waals surface area (Å²) in [6.07, 6.45) is -6.33. The number of hydrogen-bond donors (Lipinski definition) is 0. The molecule has 1 unspecified atom stereocenters. The van der Waals surface area contributed by atoms with E-state index in [-0.39, 0.29) is 49.8 Å². The number of hydrogen-bond acceptors (Lipinski definition) is 2. The van der Waals surface area contributed by atoms with E-state index in [2.05, 4.69) is 0 Å². The Labute approximate surface area is 166 Å². The van der Waals surface area contributed by atoms with Gasteiger partial charge in [-0.25, -0.2) is 0 Å². The molecule has 1 aliphatic rings. The highest BCUT2D eigenvalue weighted by molar-refractivity contribution is 5.79. The second-order valence-corrected chi connectivity index (χ2v) is 7.32. The summed E-state index contributed by atoms with van der Waals surface area (Å²) in [6, 6.07) is 1.61. The number of anilines is 1. The highest BCUT2D eigenvalue weighted by Crippen LogP contribution is 2.38. The summed E-state index contributed by atoms with van der Waals surface area (Å²) in [5.41, 5.74) is -2.78. The number of piperazine rings is 1. The maximum atomic E-state index is 13.1. The van der Waals surface area contributed by atoms with E-state index in [1.165, 1.54) is 4.90 Å². The van der Waals surface area contributed by atoms with Gasteiger partial charge in [-0.3, -0.25) is 4.79 Å². The fourth-order valence-electron chi connectivity index (χ4n) is 3.52. The molecule has 0 aliphatic carbocycles. The highest BCUT2D eigenvalue weighted by Gasteiger charge is 2.38. The second kappa shape index (κ2) is 9.26. The van der Waals surface area contributed by atoms with Crippen molar-refractivity contribution in [3.8, 4) is 0 Å².